The molecule has 3 aromatic rings. The third-order valence-corrected chi connectivity index (χ3v) is 4.76. The Morgan fingerprint density at radius 1 is 1.00 bits per heavy atom. The molecule has 0 aliphatic rings. The maximum Gasteiger partial charge on any atom is 0.262 e. The summed E-state index contributed by atoms with van der Waals surface area (Å²) < 4.78 is 5.52. The van der Waals surface area contributed by atoms with E-state index in [9.17, 15) is 9.59 Å². The van der Waals surface area contributed by atoms with E-state index in [0.717, 1.165) is 16.1 Å². The highest BCUT2D eigenvalue weighted by molar-refractivity contribution is 7.13. The van der Waals surface area contributed by atoms with Crippen LogP contribution in [0.3, 0.4) is 0 Å². The molecule has 0 saturated carbocycles. The zero-order chi connectivity index (χ0) is 18.4. The normalized spacial score (nSPS) is 10.3. The summed E-state index contributed by atoms with van der Waals surface area (Å²) in [4.78, 5) is 25.0. The molecule has 1 aromatic heterocycles. The molecule has 0 radical (unpaired) electrons. The molecule has 5 heteroatoms. The first-order valence-electron chi connectivity index (χ1n) is 8.36. The summed E-state index contributed by atoms with van der Waals surface area (Å²) in [6, 6.07) is 18.5. The van der Waals surface area contributed by atoms with Crippen LogP contribution in [0.25, 0.3) is 10.4 Å². The summed E-state index contributed by atoms with van der Waals surface area (Å²) in [6.07, 6.45) is 0.465. The van der Waals surface area contributed by atoms with Gasteiger partial charge in [0.15, 0.2) is 12.4 Å². The van der Waals surface area contributed by atoms with E-state index in [4.69, 9.17) is 4.74 Å². The average Bonchev–Trinajstić information content (AvgIpc) is 3.21. The Balaban J connectivity index is 1.61. The minimum Gasteiger partial charge on any atom is -0.484 e. The number of Topliss-reactive ketones (excluding diaryl/α,β-unsaturated/α-hetero) is 1. The van der Waals surface area contributed by atoms with Gasteiger partial charge in [-0.15, -0.1) is 11.3 Å². The second kappa shape index (κ2) is 8.45. The van der Waals surface area contributed by atoms with Crippen LogP contribution in [-0.4, -0.2) is 18.3 Å². The van der Waals surface area contributed by atoms with E-state index < -0.39 is 0 Å². The van der Waals surface area contributed by atoms with Crippen LogP contribution in [-0.2, 0) is 4.79 Å². The number of anilines is 1. The van der Waals surface area contributed by atoms with E-state index in [1.54, 1.807) is 35.6 Å². The number of para-hydroxylation sites is 1. The smallest absolute Gasteiger partial charge is 0.262 e. The number of thiophene rings is 1. The zero-order valence-corrected chi connectivity index (χ0v) is 15.2. The molecule has 0 spiro atoms. The summed E-state index contributed by atoms with van der Waals surface area (Å²) in [5.74, 6) is 0.404. The highest BCUT2D eigenvalue weighted by Crippen LogP contribution is 2.31. The second-order valence-electron chi connectivity index (χ2n) is 5.66. The van der Waals surface area contributed by atoms with Crippen molar-refractivity contribution in [3.63, 3.8) is 0 Å². The van der Waals surface area contributed by atoms with Gasteiger partial charge in [0.2, 0.25) is 0 Å². The number of rotatable bonds is 7. The number of hydrogen-bond acceptors (Lipinski definition) is 4. The Morgan fingerprint density at radius 2 is 1.77 bits per heavy atom. The van der Waals surface area contributed by atoms with E-state index >= 15 is 0 Å². The monoisotopic (exact) mass is 365 g/mol. The average molecular weight is 365 g/mol. The maximum atomic E-state index is 12.2. The molecule has 0 unspecified atom stereocenters. The summed E-state index contributed by atoms with van der Waals surface area (Å²) >= 11 is 1.62. The van der Waals surface area contributed by atoms with Crippen LogP contribution >= 0.6 is 11.3 Å². The fourth-order valence-electron chi connectivity index (χ4n) is 2.52. The van der Waals surface area contributed by atoms with Crippen LogP contribution in [0, 0.1) is 0 Å². The van der Waals surface area contributed by atoms with Gasteiger partial charge in [0.25, 0.3) is 5.91 Å². The van der Waals surface area contributed by atoms with Crippen molar-refractivity contribution in [2.45, 2.75) is 13.3 Å². The van der Waals surface area contributed by atoms with E-state index in [1.807, 2.05) is 48.7 Å². The number of nitrogens with one attached hydrogen (secondary N) is 1. The third-order valence-electron chi connectivity index (χ3n) is 3.86. The Labute approximate surface area is 156 Å². The van der Waals surface area contributed by atoms with Gasteiger partial charge in [-0.1, -0.05) is 31.2 Å². The number of hydrogen-bond donors (Lipinski definition) is 1. The number of ether oxygens (including phenoxy) is 1. The van der Waals surface area contributed by atoms with Crippen molar-refractivity contribution >= 4 is 28.7 Å². The second-order valence-corrected chi connectivity index (χ2v) is 6.61. The molecule has 3 rings (SSSR count). The minimum atomic E-state index is -0.234. The van der Waals surface area contributed by atoms with Crippen LogP contribution in [0.4, 0.5) is 5.69 Å². The lowest BCUT2D eigenvalue weighted by atomic mass is 10.1. The standard InChI is InChI=1S/C21H19NO3S/c1-2-19(23)15-9-11-16(12-10-15)25-14-21(24)22-18-7-4-3-6-17(18)20-8-5-13-26-20/h3-13H,2,14H2,1H3,(H,22,24). The lowest BCUT2D eigenvalue weighted by Gasteiger charge is -2.11. The maximum absolute atomic E-state index is 12.2. The summed E-state index contributed by atoms with van der Waals surface area (Å²) in [5.41, 5.74) is 2.39. The van der Waals surface area contributed by atoms with Gasteiger partial charge in [-0.05, 0) is 41.8 Å². The fourth-order valence-corrected chi connectivity index (χ4v) is 3.28. The van der Waals surface area contributed by atoms with E-state index in [2.05, 4.69) is 5.32 Å². The minimum absolute atomic E-state index is 0.0828. The van der Waals surface area contributed by atoms with Crippen LogP contribution < -0.4 is 10.1 Å². The molecule has 0 aliphatic heterocycles. The molecule has 0 aliphatic carbocycles. The van der Waals surface area contributed by atoms with Crippen LogP contribution in [0.1, 0.15) is 23.7 Å². The predicted molar refractivity (Wildman–Crippen MR) is 105 cm³/mol. The van der Waals surface area contributed by atoms with E-state index in [1.165, 1.54) is 0 Å². The van der Waals surface area contributed by atoms with Gasteiger partial charge in [0, 0.05) is 28.1 Å². The van der Waals surface area contributed by atoms with Crippen molar-refractivity contribution in [1.29, 1.82) is 0 Å². The zero-order valence-electron chi connectivity index (χ0n) is 14.4. The highest BCUT2D eigenvalue weighted by atomic mass is 32.1. The van der Waals surface area contributed by atoms with Gasteiger partial charge in [-0.3, -0.25) is 9.59 Å². The molecule has 0 bridgehead atoms. The van der Waals surface area contributed by atoms with Gasteiger partial charge in [0.05, 0.1) is 0 Å². The Kier molecular flexibility index (Phi) is 5.81. The summed E-state index contributed by atoms with van der Waals surface area (Å²) in [7, 11) is 0. The summed E-state index contributed by atoms with van der Waals surface area (Å²) in [5, 5.41) is 4.90. The predicted octanol–water partition coefficient (Wildman–Crippen LogP) is 5.03. The fraction of sp³-hybridized carbons (Fsp3) is 0.143. The third kappa shape index (κ3) is 4.37. The van der Waals surface area contributed by atoms with Gasteiger partial charge in [-0.25, -0.2) is 0 Å². The quantitative estimate of drug-likeness (QED) is 0.598. The lowest BCUT2D eigenvalue weighted by Crippen LogP contribution is -2.20. The molecule has 0 atom stereocenters. The number of ketones is 1. The Hall–Kier alpha value is -2.92. The van der Waals surface area contributed by atoms with Crippen molar-refractivity contribution < 1.29 is 14.3 Å². The van der Waals surface area contributed by atoms with Crippen LogP contribution in [0.15, 0.2) is 66.0 Å². The number of amides is 1. The molecule has 4 nitrogen and oxygen atoms in total. The van der Waals surface area contributed by atoms with Crippen LogP contribution in [0.5, 0.6) is 5.75 Å². The van der Waals surface area contributed by atoms with Crippen molar-refractivity contribution in [1.82, 2.24) is 0 Å². The van der Waals surface area contributed by atoms with Crippen molar-refractivity contribution in [3.8, 4) is 16.2 Å². The number of carbonyl (C=O) groups excluding carboxylic acids is 2. The number of carbonyl (C=O) groups is 2. The SMILES string of the molecule is CCC(=O)c1ccc(OCC(=O)Nc2ccccc2-c2cccs2)cc1. The van der Waals surface area contributed by atoms with Crippen molar-refractivity contribution in [2.24, 2.45) is 0 Å². The molecule has 1 amide bonds. The Bertz CT molecular complexity index is 886. The number of benzene rings is 2. The molecule has 0 saturated heterocycles. The highest BCUT2D eigenvalue weighted by Gasteiger charge is 2.10. The van der Waals surface area contributed by atoms with E-state index in [-0.39, 0.29) is 18.3 Å². The van der Waals surface area contributed by atoms with Crippen molar-refractivity contribution in [2.75, 3.05) is 11.9 Å². The molecule has 26 heavy (non-hydrogen) atoms. The van der Waals surface area contributed by atoms with Gasteiger partial charge >= 0.3 is 0 Å². The first kappa shape index (κ1) is 17.9. The largest absolute Gasteiger partial charge is 0.484 e. The van der Waals surface area contributed by atoms with Gasteiger partial charge in [-0.2, -0.15) is 0 Å². The molecule has 0 fully saturated rings. The molecule has 1 heterocycles. The molecule has 1 N–H and O–H groups in total. The molecular formula is C21H19NO3S. The molecule has 2 aromatic carbocycles. The topological polar surface area (TPSA) is 55.4 Å². The molecule has 132 valence electrons. The first-order chi connectivity index (χ1) is 12.7. The summed E-state index contributed by atoms with van der Waals surface area (Å²) in [6.45, 7) is 1.73. The Morgan fingerprint density at radius 3 is 2.46 bits per heavy atom. The van der Waals surface area contributed by atoms with Crippen LogP contribution in [0.2, 0.25) is 0 Å². The lowest BCUT2D eigenvalue weighted by molar-refractivity contribution is -0.118. The first-order valence-corrected chi connectivity index (χ1v) is 9.24. The van der Waals surface area contributed by atoms with Gasteiger partial charge in [0.1, 0.15) is 5.75 Å². The molecular weight excluding hydrogens is 346 g/mol. The van der Waals surface area contributed by atoms with E-state index in [0.29, 0.717) is 17.7 Å². The van der Waals surface area contributed by atoms with Gasteiger partial charge < -0.3 is 10.1 Å². The van der Waals surface area contributed by atoms with Crippen molar-refractivity contribution in [3.05, 3.63) is 71.6 Å².